The van der Waals surface area contributed by atoms with E-state index in [-0.39, 0.29) is 32.1 Å². The van der Waals surface area contributed by atoms with Gasteiger partial charge >= 0.3 is 0 Å². The number of nitrogens with zero attached hydrogens (tertiary/aromatic N) is 2. The molecule has 0 bridgehead atoms. The summed E-state index contributed by atoms with van der Waals surface area (Å²) in [6.45, 7) is 0. The van der Waals surface area contributed by atoms with Gasteiger partial charge in [-0.3, -0.25) is 4.72 Å². The van der Waals surface area contributed by atoms with Crippen molar-refractivity contribution in [1.82, 2.24) is 9.97 Å². The first-order chi connectivity index (χ1) is 13.7. The SMILES string of the molecule is O=S(=O)(Cc1c(Cl)cccc1Cl)Nc1ccc(S(=O)(=O)Nc2ncccn2)cc1. The monoisotopic (exact) mass is 472 g/mol. The van der Waals surface area contributed by atoms with Crippen LogP contribution in [0.15, 0.2) is 65.8 Å². The molecule has 12 heteroatoms. The number of anilines is 2. The second-order valence-corrected chi connectivity index (χ2v) is 9.98. The Labute approximate surface area is 178 Å². The molecule has 2 aromatic carbocycles. The Hall–Kier alpha value is -2.40. The molecule has 3 rings (SSSR count). The van der Waals surface area contributed by atoms with Gasteiger partial charge in [0.25, 0.3) is 10.0 Å². The van der Waals surface area contributed by atoms with E-state index in [2.05, 4.69) is 19.4 Å². The van der Waals surface area contributed by atoms with Crippen molar-refractivity contribution in [1.29, 1.82) is 0 Å². The summed E-state index contributed by atoms with van der Waals surface area (Å²) in [4.78, 5) is 7.51. The number of hydrogen-bond donors (Lipinski definition) is 2. The van der Waals surface area contributed by atoms with Gasteiger partial charge in [-0.2, -0.15) is 0 Å². The minimum Gasteiger partial charge on any atom is -0.283 e. The predicted molar refractivity (Wildman–Crippen MR) is 112 cm³/mol. The topological polar surface area (TPSA) is 118 Å². The van der Waals surface area contributed by atoms with E-state index in [1.54, 1.807) is 24.3 Å². The molecule has 2 N–H and O–H groups in total. The zero-order valence-electron chi connectivity index (χ0n) is 14.6. The van der Waals surface area contributed by atoms with Gasteiger partial charge in [0.15, 0.2) is 0 Å². The molecule has 1 aromatic heterocycles. The van der Waals surface area contributed by atoms with Crippen LogP contribution in [-0.4, -0.2) is 26.8 Å². The van der Waals surface area contributed by atoms with Gasteiger partial charge in [0.2, 0.25) is 16.0 Å². The van der Waals surface area contributed by atoms with E-state index in [0.29, 0.717) is 0 Å². The lowest BCUT2D eigenvalue weighted by molar-refractivity contribution is 0.599. The number of halogens is 2. The maximum atomic E-state index is 12.4. The third-order valence-corrected chi connectivity index (χ3v) is 6.89. The molecule has 0 saturated carbocycles. The van der Waals surface area contributed by atoms with Gasteiger partial charge < -0.3 is 0 Å². The van der Waals surface area contributed by atoms with Crippen LogP contribution in [0, 0.1) is 0 Å². The molecule has 0 aliphatic heterocycles. The molecule has 8 nitrogen and oxygen atoms in total. The fourth-order valence-electron chi connectivity index (χ4n) is 2.31. The molecule has 3 aromatic rings. The van der Waals surface area contributed by atoms with E-state index in [4.69, 9.17) is 23.2 Å². The molecular weight excluding hydrogens is 459 g/mol. The number of hydrogen-bond acceptors (Lipinski definition) is 6. The molecule has 0 spiro atoms. The summed E-state index contributed by atoms with van der Waals surface area (Å²) in [5.41, 5.74) is 0.456. The summed E-state index contributed by atoms with van der Waals surface area (Å²) in [7, 11) is -7.75. The fourth-order valence-corrected chi connectivity index (χ4v) is 5.21. The van der Waals surface area contributed by atoms with E-state index < -0.39 is 25.8 Å². The number of benzene rings is 2. The molecule has 0 saturated heterocycles. The number of nitrogens with one attached hydrogen (secondary N) is 2. The molecule has 29 heavy (non-hydrogen) atoms. The van der Waals surface area contributed by atoms with Gasteiger partial charge in [0, 0.05) is 33.7 Å². The molecule has 0 aliphatic carbocycles. The van der Waals surface area contributed by atoms with Crippen molar-refractivity contribution in [3.63, 3.8) is 0 Å². The van der Waals surface area contributed by atoms with Crippen molar-refractivity contribution in [3.8, 4) is 0 Å². The third kappa shape index (κ3) is 5.57. The quantitative estimate of drug-likeness (QED) is 0.542. The van der Waals surface area contributed by atoms with Crippen LogP contribution in [0.2, 0.25) is 10.0 Å². The maximum Gasteiger partial charge on any atom is 0.264 e. The highest BCUT2D eigenvalue weighted by Gasteiger charge is 2.18. The van der Waals surface area contributed by atoms with E-state index in [1.807, 2.05) is 0 Å². The van der Waals surface area contributed by atoms with E-state index >= 15 is 0 Å². The molecule has 152 valence electrons. The lowest BCUT2D eigenvalue weighted by Crippen LogP contribution is -2.16. The Morgan fingerprint density at radius 3 is 1.97 bits per heavy atom. The summed E-state index contributed by atoms with van der Waals surface area (Å²) in [5.74, 6) is -0.507. The van der Waals surface area contributed by atoms with Crippen molar-refractivity contribution in [2.45, 2.75) is 10.6 Å². The van der Waals surface area contributed by atoms with Crippen LogP contribution in [-0.2, 0) is 25.8 Å². The van der Waals surface area contributed by atoms with Crippen LogP contribution in [0.3, 0.4) is 0 Å². The standard InChI is InChI=1S/C17H14Cl2N4O4S2/c18-15-3-1-4-16(19)14(15)11-28(24,25)22-12-5-7-13(8-6-12)29(26,27)23-17-20-9-2-10-21-17/h1-10,22H,11H2,(H,20,21,23). The minimum atomic E-state index is -3.92. The van der Waals surface area contributed by atoms with Crippen molar-refractivity contribution >= 4 is 54.9 Å². The highest BCUT2D eigenvalue weighted by Crippen LogP contribution is 2.27. The second kappa shape index (κ2) is 8.54. The molecule has 0 aliphatic rings. The zero-order chi connectivity index (χ0) is 21.1. The van der Waals surface area contributed by atoms with Crippen molar-refractivity contribution in [2.75, 3.05) is 9.44 Å². The Bertz CT molecular complexity index is 1200. The number of aromatic nitrogens is 2. The average molecular weight is 473 g/mol. The van der Waals surface area contributed by atoms with Crippen LogP contribution in [0.1, 0.15) is 5.56 Å². The lowest BCUT2D eigenvalue weighted by atomic mass is 10.2. The van der Waals surface area contributed by atoms with Crippen molar-refractivity contribution in [2.24, 2.45) is 0 Å². The fraction of sp³-hybridized carbons (Fsp3) is 0.0588. The van der Waals surface area contributed by atoms with Gasteiger partial charge in [0.05, 0.1) is 10.6 Å². The smallest absolute Gasteiger partial charge is 0.264 e. The Morgan fingerprint density at radius 2 is 1.38 bits per heavy atom. The third-order valence-electron chi connectivity index (χ3n) is 3.63. The van der Waals surface area contributed by atoms with Crippen LogP contribution in [0.25, 0.3) is 0 Å². The Morgan fingerprint density at radius 1 is 0.793 bits per heavy atom. The van der Waals surface area contributed by atoms with Crippen LogP contribution >= 0.6 is 23.2 Å². The van der Waals surface area contributed by atoms with Gasteiger partial charge in [-0.05, 0) is 42.5 Å². The summed E-state index contributed by atoms with van der Waals surface area (Å²) in [5, 5.41) is 0.469. The maximum absolute atomic E-state index is 12.4. The molecule has 0 unspecified atom stereocenters. The lowest BCUT2D eigenvalue weighted by Gasteiger charge is -2.11. The summed E-state index contributed by atoms with van der Waals surface area (Å²) in [6.07, 6.45) is 2.79. The Kier molecular flexibility index (Phi) is 6.27. The first-order valence-corrected chi connectivity index (χ1v) is 11.9. The van der Waals surface area contributed by atoms with Gasteiger partial charge in [-0.15, -0.1) is 0 Å². The van der Waals surface area contributed by atoms with Crippen molar-refractivity contribution < 1.29 is 16.8 Å². The second-order valence-electron chi connectivity index (χ2n) is 5.76. The van der Waals surface area contributed by atoms with E-state index in [1.165, 1.54) is 36.7 Å². The molecule has 1 heterocycles. The number of rotatable bonds is 7. The van der Waals surface area contributed by atoms with Gasteiger partial charge in [0.1, 0.15) is 0 Å². The largest absolute Gasteiger partial charge is 0.283 e. The van der Waals surface area contributed by atoms with Gasteiger partial charge in [-0.1, -0.05) is 29.3 Å². The van der Waals surface area contributed by atoms with Crippen LogP contribution in [0.5, 0.6) is 0 Å². The molecule has 0 atom stereocenters. The normalized spacial score (nSPS) is 11.8. The average Bonchev–Trinajstić information content (AvgIpc) is 2.65. The number of sulfonamides is 2. The Balaban J connectivity index is 1.74. The molecule has 0 amide bonds. The van der Waals surface area contributed by atoms with Crippen molar-refractivity contribution in [3.05, 3.63) is 76.5 Å². The summed E-state index contributed by atoms with van der Waals surface area (Å²) < 4.78 is 54.1. The predicted octanol–water partition coefficient (Wildman–Crippen LogP) is 3.53. The summed E-state index contributed by atoms with van der Waals surface area (Å²) >= 11 is 12.0. The molecular formula is C17H14Cl2N4O4S2. The zero-order valence-corrected chi connectivity index (χ0v) is 17.7. The van der Waals surface area contributed by atoms with E-state index in [9.17, 15) is 16.8 Å². The van der Waals surface area contributed by atoms with Gasteiger partial charge in [-0.25, -0.2) is 31.5 Å². The summed E-state index contributed by atoms with van der Waals surface area (Å²) in [6, 6.07) is 11.4. The van der Waals surface area contributed by atoms with Crippen LogP contribution in [0.4, 0.5) is 11.6 Å². The molecule has 0 radical (unpaired) electrons. The highest BCUT2D eigenvalue weighted by molar-refractivity contribution is 7.92. The minimum absolute atomic E-state index is 0.0751. The highest BCUT2D eigenvalue weighted by atomic mass is 35.5. The molecule has 0 fully saturated rings. The van der Waals surface area contributed by atoms with E-state index in [0.717, 1.165) is 0 Å². The van der Waals surface area contributed by atoms with Crippen LogP contribution < -0.4 is 9.44 Å². The first-order valence-electron chi connectivity index (χ1n) is 7.99. The first kappa shape index (κ1) is 21.3.